The van der Waals surface area contributed by atoms with Gasteiger partial charge in [0.2, 0.25) is 5.91 Å². The van der Waals surface area contributed by atoms with E-state index in [-0.39, 0.29) is 18.5 Å². The number of likely N-dealkylation sites (N-methyl/N-ethyl adjacent to an activating group) is 2. The van der Waals surface area contributed by atoms with Gasteiger partial charge in [-0.1, -0.05) is 0 Å². The van der Waals surface area contributed by atoms with Gasteiger partial charge in [0.1, 0.15) is 13.3 Å². The van der Waals surface area contributed by atoms with Crippen molar-refractivity contribution < 1.29 is 14.4 Å². The molecule has 3 amide bonds. The highest BCUT2D eigenvalue weighted by Crippen LogP contribution is 2.02. The van der Waals surface area contributed by atoms with Crippen LogP contribution < -0.4 is 0 Å². The fourth-order valence-corrected chi connectivity index (χ4v) is 0.739. The quantitative estimate of drug-likeness (QED) is 0.439. The lowest BCUT2D eigenvalue weighted by molar-refractivity contribution is -0.124. The highest BCUT2D eigenvalue weighted by molar-refractivity contribution is 6.01. The summed E-state index contributed by atoms with van der Waals surface area (Å²) in [5, 5.41) is 0. The monoisotopic (exact) mass is 158 g/mol. The Morgan fingerprint density at radius 2 is 1.73 bits per heavy atom. The number of rotatable bonds is 0. The first kappa shape index (κ1) is 9.61. The standard InChI is InChI=1S/C5H8N2O2.CH2O/c1-6-3-4(8)7(2)5(6)9;1-2/h3H2,1-2H3;1H2. The van der Waals surface area contributed by atoms with E-state index >= 15 is 0 Å². The van der Waals surface area contributed by atoms with Crippen LogP contribution in [0.5, 0.6) is 0 Å². The SMILES string of the molecule is C=O.CN1CC(=O)N(C)C1=O. The summed E-state index contributed by atoms with van der Waals surface area (Å²) >= 11 is 0. The summed E-state index contributed by atoms with van der Waals surface area (Å²) in [4.78, 5) is 31.9. The van der Waals surface area contributed by atoms with Gasteiger partial charge in [-0.05, 0) is 0 Å². The van der Waals surface area contributed by atoms with E-state index in [1.807, 2.05) is 6.79 Å². The smallest absolute Gasteiger partial charge is 0.318 e. The minimum atomic E-state index is -0.222. The topological polar surface area (TPSA) is 57.7 Å². The van der Waals surface area contributed by atoms with Gasteiger partial charge >= 0.3 is 6.03 Å². The van der Waals surface area contributed by atoms with Crippen LogP contribution >= 0.6 is 0 Å². The molecule has 1 heterocycles. The molecule has 11 heavy (non-hydrogen) atoms. The third-order valence-electron chi connectivity index (χ3n) is 1.36. The average molecular weight is 158 g/mol. The molecule has 5 heteroatoms. The van der Waals surface area contributed by atoms with E-state index in [1.54, 1.807) is 7.05 Å². The number of hydrogen-bond acceptors (Lipinski definition) is 3. The lowest BCUT2D eigenvalue weighted by Gasteiger charge is -2.05. The second kappa shape index (κ2) is 3.70. The van der Waals surface area contributed by atoms with Gasteiger partial charge < -0.3 is 9.69 Å². The number of carbonyl (C=O) groups is 3. The van der Waals surface area contributed by atoms with Gasteiger partial charge in [0.25, 0.3) is 0 Å². The molecule has 5 nitrogen and oxygen atoms in total. The molecule has 62 valence electrons. The molecule has 1 rings (SSSR count). The number of amides is 3. The molecule has 0 spiro atoms. The molecule has 0 radical (unpaired) electrons. The van der Waals surface area contributed by atoms with Crippen LogP contribution in [0.4, 0.5) is 4.79 Å². The van der Waals surface area contributed by atoms with Gasteiger partial charge in [-0.15, -0.1) is 0 Å². The van der Waals surface area contributed by atoms with Crippen LogP contribution in [0.25, 0.3) is 0 Å². The largest absolute Gasteiger partial charge is 0.326 e. The summed E-state index contributed by atoms with van der Waals surface area (Å²) in [7, 11) is 3.08. The maximum Gasteiger partial charge on any atom is 0.326 e. The van der Waals surface area contributed by atoms with Crippen molar-refractivity contribution in [2.75, 3.05) is 20.6 Å². The van der Waals surface area contributed by atoms with E-state index in [0.717, 1.165) is 4.90 Å². The number of urea groups is 1. The van der Waals surface area contributed by atoms with Gasteiger partial charge in [-0.25, -0.2) is 4.79 Å². The van der Waals surface area contributed by atoms with E-state index in [1.165, 1.54) is 11.9 Å². The molecule has 1 aliphatic rings. The molecule has 0 aromatic heterocycles. The molecule has 0 bridgehead atoms. The Morgan fingerprint density at radius 1 is 1.27 bits per heavy atom. The van der Waals surface area contributed by atoms with Crippen molar-refractivity contribution in [3.8, 4) is 0 Å². The minimum Gasteiger partial charge on any atom is -0.318 e. The second-order valence-corrected chi connectivity index (χ2v) is 2.09. The summed E-state index contributed by atoms with van der Waals surface area (Å²) in [6.45, 7) is 2.22. The van der Waals surface area contributed by atoms with E-state index in [9.17, 15) is 9.59 Å². The summed E-state index contributed by atoms with van der Waals surface area (Å²) in [6.07, 6.45) is 0. The normalized spacial score (nSPS) is 16.5. The highest BCUT2D eigenvalue weighted by Gasteiger charge is 2.29. The molecule has 1 saturated heterocycles. The van der Waals surface area contributed by atoms with Crippen LogP contribution in [0.15, 0.2) is 0 Å². The third kappa shape index (κ3) is 1.76. The van der Waals surface area contributed by atoms with Crippen molar-refractivity contribution in [2.24, 2.45) is 0 Å². The van der Waals surface area contributed by atoms with Crippen LogP contribution in [-0.4, -0.2) is 49.2 Å². The van der Waals surface area contributed by atoms with Gasteiger partial charge in [0.05, 0.1) is 0 Å². The lowest BCUT2D eigenvalue weighted by atomic mass is 10.6. The zero-order chi connectivity index (χ0) is 9.02. The Labute approximate surface area is 64.6 Å². The van der Waals surface area contributed by atoms with Crippen LogP contribution in [0.1, 0.15) is 0 Å². The fourth-order valence-electron chi connectivity index (χ4n) is 0.739. The predicted octanol–water partition coefficient (Wildman–Crippen LogP) is -0.675. The third-order valence-corrected chi connectivity index (χ3v) is 1.36. The summed E-state index contributed by atoms with van der Waals surface area (Å²) < 4.78 is 0. The van der Waals surface area contributed by atoms with Crippen molar-refractivity contribution in [1.29, 1.82) is 0 Å². The Morgan fingerprint density at radius 3 is 1.82 bits per heavy atom. The van der Waals surface area contributed by atoms with E-state index in [4.69, 9.17) is 4.79 Å². The van der Waals surface area contributed by atoms with Crippen LogP contribution in [0, 0.1) is 0 Å². The molecular weight excluding hydrogens is 148 g/mol. The first-order chi connectivity index (χ1) is 5.13. The molecular formula is C6H10N2O3. The van der Waals surface area contributed by atoms with Crippen LogP contribution in [0.3, 0.4) is 0 Å². The molecule has 0 aromatic rings. The van der Waals surface area contributed by atoms with Crippen LogP contribution in [-0.2, 0) is 9.59 Å². The molecule has 0 N–H and O–H groups in total. The molecule has 1 aliphatic heterocycles. The summed E-state index contributed by atoms with van der Waals surface area (Å²) in [5.74, 6) is -0.137. The maximum absolute atomic E-state index is 10.7. The zero-order valence-electron chi connectivity index (χ0n) is 6.53. The van der Waals surface area contributed by atoms with Gasteiger partial charge in [0.15, 0.2) is 0 Å². The Bertz CT molecular complexity index is 181. The number of nitrogens with zero attached hydrogens (tertiary/aromatic N) is 2. The van der Waals surface area contributed by atoms with E-state index < -0.39 is 0 Å². The first-order valence-electron chi connectivity index (χ1n) is 2.93. The van der Waals surface area contributed by atoms with Crippen molar-refractivity contribution in [3.05, 3.63) is 0 Å². The van der Waals surface area contributed by atoms with Crippen molar-refractivity contribution in [1.82, 2.24) is 9.80 Å². The second-order valence-electron chi connectivity index (χ2n) is 2.09. The predicted molar refractivity (Wildman–Crippen MR) is 37.9 cm³/mol. The maximum atomic E-state index is 10.7. The van der Waals surface area contributed by atoms with E-state index in [2.05, 4.69) is 0 Å². The summed E-state index contributed by atoms with van der Waals surface area (Å²) in [6, 6.07) is -0.222. The number of hydrogen-bond donors (Lipinski definition) is 0. The average Bonchev–Trinajstić information content (AvgIpc) is 2.22. The summed E-state index contributed by atoms with van der Waals surface area (Å²) in [5.41, 5.74) is 0. The van der Waals surface area contributed by atoms with Crippen molar-refractivity contribution in [2.45, 2.75) is 0 Å². The lowest BCUT2D eigenvalue weighted by Crippen LogP contribution is -2.27. The Hall–Kier alpha value is -1.39. The molecule has 0 aromatic carbocycles. The zero-order valence-corrected chi connectivity index (χ0v) is 6.53. The fraction of sp³-hybridized carbons (Fsp3) is 0.500. The molecule has 0 aliphatic carbocycles. The van der Waals surface area contributed by atoms with Crippen molar-refractivity contribution >= 4 is 18.7 Å². The highest BCUT2D eigenvalue weighted by atomic mass is 16.2. The Balaban J connectivity index is 0.000000461. The molecule has 0 unspecified atom stereocenters. The van der Waals surface area contributed by atoms with E-state index in [0.29, 0.717) is 0 Å². The van der Waals surface area contributed by atoms with Crippen molar-refractivity contribution in [3.63, 3.8) is 0 Å². The van der Waals surface area contributed by atoms with Gasteiger partial charge in [-0.3, -0.25) is 9.69 Å². The first-order valence-corrected chi connectivity index (χ1v) is 2.93. The number of carbonyl (C=O) groups excluding carboxylic acids is 3. The van der Waals surface area contributed by atoms with Crippen LogP contribution in [0.2, 0.25) is 0 Å². The molecule has 0 saturated carbocycles. The molecule has 0 atom stereocenters. The minimum absolute atomic E-state index is 0.137. The Kier molecular flexibility index (Phi) is 3.23. The number of imide groups is 1. The molecule has 1 fully saturated rings. The van der Waals surface area contributed by atoms with Gasteiger partial charge in [0, 0.05) is 14.1 Å². The van der Waals surface area contributed by atoms with Gasteiger partial charge in [-0.2, -0.15) is 0 Å².